The topological polar surface area (TPSA) is 40.5 Å². The van der Waals surface area contributed by atoms with Crippen LogP contribution in [-0.4, -0.2) is 21.9 Å². The first-order valence-electron chi connectivity index (χ1n) is 14.1. The minimum absolute atomic E-state index is 0.00530. The van der Waals surface area contributed by atoms with Crippen LogP contribution < -0.4 is 0 Å². The van der Waals surface area contributed by atoms with Gasteiger partial charge in [-0.1, -0.05) is 66.0 Å². The molecule has 9 atom stereocenters. The van der Waals surface area contributed by atoms with Crippen molar-refractivity contribution in [2.24, 2.45) is 46.3 Å². The Morgan fingerprint density at radius 3 is 2.50 bits per heavy atom. The Kier molecular flexibility index (Phi) is 6.99. The molecule has 184 valence electrons. The lowest BCUT2D eigenvalue weighted by Gasteiger charge is -2.55. The number of aliphatic hydroxyl groups excluding tert-OH is 1. The molecular weight excluding hydrogens is 392 g/mol. The summed E-state index contributed by atoms with van der Waals surface area (Å²) in [5.74, 6) is 5.07. The molecule has 2 heteroatoms. The molecule has 0 heterocycles. The normalized spacial score (nSPS) is 43.6. The first-order chi connectivity index (χ1) is 15.0. The number of allylic oxidation sites excluding steroid dienone is 1. The molecule has 2 nitrogen and oxygen atoms in total. The molecule has 4 rings (SSSR count). The predicted molar refractivity (Wildman–Crippen MR) is 134 cm³/mol. The van der Waals surface area contributed by atoms with E-state index in [1.54, 1.807) is 5.57 Å². The van der Waals surface area contributed by atoms with Crippen LogP contribution >= 0.6 is 0 Å². The van der Waals surface area contributed by atoms with Crippen molar-refractivity contribution < 1.29 is 10.2 Å². The van der Waals surface area contributed by atoms with Crippen LogP contribution in [0.5, 0.6) is 0 Å². The van der Waals surface area contributed by atoms with E-state index in [1.807, 2.05) is 0 Å². The number of hydrogen-bond donors (Lipinski definition) is 2. The Morgan fingerprint density at radius 1 is 1.06 bits per heavy atom. The fraction of sp³-hybridized carbons (Fsp3) is 0.933. The third kappa shape index (κ3) is 4.49. The summed E-state index contributed by atoms with van der Waals surface area (Å²) in [7, 11) is 0. The van der Waals surface area contributed by atoms with E-state index >= 15 is 0 Å². The molecule has 0 radical (unpaired) electrons. The van der Waals surface area contributed by atoms with E-state index in [9.17, 15) is 10.2 Å². The largest absolute Gasteiger partial charge is 0.393 e. The van der Waals surface area contributed by atoms with Crippen molar-refractivity contribution in [1.29, 1.82) is 0 Å². The summed E-state index contributed by atoms with van der Waals surface area (Å²) in [6.07, 6.45) is 16.8. The van der Waals surface area contributed by atoms with Crippen molar-refractivity contribution in [3.05, 3.63) is 11.6 Å². The molecule has 0 bridgehead atoms. The Hall–Kier alpha value is -0.340. The van der Waals surface area contributed by atoms with Crippen LogP contribution in [-0.2, 0) is 0 Å². The smallest absolute Gasteiger partial charge is 0.0682 e. The Morgan fingerprint density at radius 2 is 1.81 bits per heavy atom. The van der Waals surface area contributed by atoms with Crippen molar-refractivity contribution in [2.45, 2.75) is 130 Å². The lowest BCUT2D eigenvalue weighted by atomic mass is 9.50. The van der Waals surface area contributed by atoms with Gasteiger partial charge >= 0.3 is 0 Å². The highest BCUT2D eigenvalue weighted by Gasteiger charge is 2.57. The quantitative estimate of drug-likeness (QED) is 0.416. The van der Waals surface area contributed by atoms with Gasteiger partial charge in [-0.25, -0.2) is 0 Å². The fourth-order valence-electron chi connectivity index (χ4n) is 8.91. The maximum atomic E-state index is 10.9. The second-order valence-electron chi connectivity index (χ2n) is 13.9. The van der Waals surface area contributed by atoms with Crippen LogP contribution in [0, 0.1) is 46.3 Å². The molecule has 0 aromatic heterocycles. The van der Waals surface area contributed by atoms with Gasteiger partial charge in [0.05, 0.1) is 11.7 Å². The zero-order chi connectivity index (χ0) is 23.3. The Labute approximate surface area is 198 Å². The molecule has 3 fully saturated rings. The summed E-state index contributed by atoms with van der Waals surface area (Å²) in [6.45, 7) is 13.8. The SMILES string of the molecule is CC[C@]1(O)CC[C@H]2C(=CC[C@@H]3[C@@H]2CC[C@]2(C)[C@@H]([C@H](C)CCC[C@H](O)C(C)(C)C)CC[C@@H]32)C1. The van der Waals surface area contributed by atoms with Crippen molar-refractivity contribution in [1.82, 2.24) is 0 Å². The highest BCUT2D eigenvalue weighted by atomic mass is 16.3. The summed E-state index contributed by atoms with van der Waals surface area (Å²) in [5, 5.41) is 21.3. The van der Waals surface area contributed by atoms with E-state index in [1.165, 1.54) is 44.9 Å². The molecule has 3 saturated carbocycles. The van der Waals surface area contributed by atoms with E-state index in [0.29, 0.717) is 5.41 Å². The van der Waals surface area contributed by atoms with Crippen LogP contribution in [0.1, 0.15) is 119 Å². The van der Waals surface area contributed by atoms with Gasteiger partial charge in [0.25, 0.3) is 0 Å². The first-order valence-corrected chi connectivity index (χ1v) is 14.1. The van der Waals surface area contributed by atoms with Gasteiger partial charge in [-0.15, -0.1) is 0 Å². The van der Waals surface area contributed by atoms with Gasteiger partial charge in [-0.2, -0.15) is 0 Å². The standard InChI is InChI=1S/C30H52O2/c1-7-30(32)18-16-22-21(19-30)11-12-24-23(22)15-17-29(6)25(13-14-26(24)29)20(2)9-8-10-27(31)28(3,4)5/h11,20,22-27,31-32H,7-10,12-19H2,1-6H3/t20-,22+,23-,24-,25-,26+,27+,29-,30+/m1/s1. The van der Waals surface area contributed by atoms with E-state index in [4.69, 9.17) is 0 Å². The van der Waals surface area contributed by atoms with Crippen LogP contribution in [0.4, 0.5) is 0 Å². The summed E-state index contributed by atoms with van der Waals surface area (Å²) in [4.78, 5) is 0. The van der Waals surface area contributed by atoms with Gasteiger partial charge in [0.1, 0.15) is 0 Å². The van der Waals surface area contributed by atoms with E-state index in [2.05, 4.69) is 47.6 Å². The van der Waals surface area contributed by atoms with Crippen LogP contribution in [0.2, 0.25) is 0 Å². The molecule has 0 amide bonds. The Balaban J connectivity index is 1.40. The average Bonchev–Trinajstić information content (AvgIpc) is 3.09. The monoisotopic (exact) mass is 444 g/mol. The van der Waals surface area contributed by atoms with Crippen molar-refractivity contribution >= 4 is 0 Å². The van der Waals surface area contributed by atoms with Gasteiger partial charge in [0.2, 0.25) is 0 Å². The first kappa shape index (κ1) is 24.8. The van der Waals surface area contributed by atoms with Gasteiger partial charge in [-0.3, -0.25) is 0 Å². The maximum Gasteiger partial charge on any atom is 0.0682 e. The van der Waals surface area contributed by atoms with Crippen LogP contribution in [0.15, 0.2) is 11.6 Å². The van der Waals surface area contributed by atoms with Gasteiger partial charge in [-0.05, 0) is 111 Å². The Bertz CT molecular complexity index is 689. The molecule has 0 aromatic rings. The molecule has 0 aromatic carbocycles. The minimum Gasteiger partial charge on any atom is -0.393 e. The number of aliphatic hydroxyl groups is 2. The van der Waals surface area contributed by atoms with Crippen LogP contribution in [0.3, 0.4) is 0 Å². The van der Waals surface area contributed by atoms with Crippen molar-refractivity contribution in [3.63, 3.8) is 0 Å². The summed E-state index contributed by atoms with van der Waals surface area (Å²) < 4.78 is 0. The summed E-state index contributed by atoms with van der Waals surface area (Å²) >= 11 is 0. The zero-order valence-electron chi connectivity index (χ0n) is 22.0. The second-order valence-corrected chi connectivity index (χ2v) is 13.9. The highest BCUT2D eigenvalue weighted by Crippen LogP contribution is 2.65. The fourth-order valence-corrected chi connectivity index (χ4v) is 8.91. The minimum atomic E-state index is -0.424. The highest BCUT2D eigenvalue weighted by molar-refractivity contribution is 5.22. The maximum absolute atomic E-state index is 10.9. The molecule has 4 aliphatic rings. The number of hydrogen-bond acceptors (Lipinski definition) is 2. The lowest BCUT2D eigenvalue weighted by molar-refractivity contribution is -0.0462. The predicted octanol–water partition coefficient (Wildman–Crippen LogP) is 7.53. The van der Waals surface area contributed by atoms with E-state index in [-0.39, 0.29) is 11.5 Å². The van der Waals surface area contributed by atoms with Crippen molar-refractivity contribution in [2.75, 3.05) is 0 Å². The molecule has 4 aliphatic carbocycles. The van der Waals surface area contributed by atoms with Crippen LogP contribution in [0.25, 0.3) is 0 Å². The third-order valence-corrected chi connectivity index (χ3v) is 11.1. The van der Waals surface area contributed by atoms with Gasteiger partial charge < -0.3 is 10.2 Å². The summed E-state index contributed by atoms with van der Waals surface area (Å²) in [6, 6.07) is 0. The van der Waals surface area contributed by atoms with E-state index < -0.39 is 5.60 Å². The molecule has 32 heavy (non-hydrogen) atoms. The molecule has 2 N–H and O–H groups in total. The molecule has 0 aliphatic heterocycles. The molecule has 0 spiro atoms. The molecule has 0 unspecified atom stereocenters. The van der Waals surface area contributed by atoms with Crippen molar-refractivity contribution in [3.8, 4) is 0 Å². The molecular formula is C30H52O2. The van der Waals surface area contributed by atoms with Gasteiger partial charge in [0.15, 0.2) is 0 Å². The zero-order valence-corrected chi connectivity index (χ0v) is 22.0. The lowest BCUT2D eigenvalue weighted by Crippen LogP contribution is -2.48. The van der Waals surface area contributed by atoms with Gasteiger partial charge in [0, 0.05) is 0 Å². The molecule has 0 saturated heterocycles. The average molecular weight is 445 g/mol. The van der Waals surface area contributed by atoms with E-state index in [0.717, 1.165) is 67.6 Å². The summed E-state index contributed by atoms with van der Waals surface area (Å²) in [5.41, 5.74) is 1.72. The second kappa shape index (κ2) is 9.03. The number of rotatable bonds is 6. The third-order valence-electron chi connectivity index (χ3n) is 11.1. The number of fused-ring (bicyclic) bond motifs is 5.